The second kappa shape index (κ2) is 5.90. The number of anilines is 1. The lowest BCUT2D eigenvalue weighted by Gasteiger charge is -2.35. The van der Waals surface area contributed by atoms with Gasteiger partial charge in [-0.3, -0.25) is 9.59 Å². The van der Waals surface area contributed by atoms with E-state index in [0.29, 0.717) is 26.2 Å². The maximum absolute atomic E-state index is 12.7. The number of carbonyl (C=O) groups is 2. The lowest BCUT2D eigenvalue weighted by atomic mass is 9.94. The second-order valence-electron chi connectivity index (χ2n) is 5.99. The van der Waals surface area contributed by atoms with Crippen LogP contribution in [-0.4, -0.2) is 51.2 Å². The summed E-state index contributed by atoms with van der Waals surface area (Å²) in [6.07, 6.45) is 4.01. The SMILES string of the molecule is CC(=O)N1CCC(C(=O)N2CCc3cnc(N)nc3C2)CC1. The highest BCUT2D eigenvalue weighted by Crippen LogP contribution is 2.24. The molecule has 2 amide bonds. The van der Waals surface area contributed by atoms with Crippen molar-refractivity contribution in [3.63, 3.8) is 0 Å². The Hall–Kier alpha value is -2.18. The first-order valence-electron chi connectivity index (χ1n) is 7.69. The van der Waals surface area contributed by atoms with Gasteiger partial charge in [0, 0.05) is 38.7 Å². The molecule has 7 nitrogen and oxygen atoms in total. The Balaban J connectivity index is 1.63. The van der Waals surface area contributed by atoms with Crippen molar-refractivity contribution in [3.05, 3.63) is 17.5 Å². The summed E-state index contributed by atoms with van der Waals surface area (Å²) in [5, 5.41) is 0. The van der Waals surface area contributed by atoms with Crippen LogP contribution in [0, 0.1) is 5.92 Å². The molecular weight excluding hydrogens is 282 g/mol. The van der Waals surface area contributed by atoms with Gasteiger partial charge < -0.3 is 15.5 Å². The van der Waals surface area contributed by atoms with Crippen molar-refractivity contribution in [2.75, 3.05) is 25.4 Å². The zero-order valence-electron chi connectivity index (χ0n) is 12.8. The van der Waals surface area contributed by atoms with Crippen molar-refractivity contribution >= 4 is 17.8 Å². The molecule has 1 fully saturated rings. The lowest BCUT2D eigenvalue weighted by molar-refractivity contribution is -0.140. The van der Waals surface area contributed by atoms with Crippen molar-refractivity contribution in [3.8, 4) is 0 Å². The first-order chi connectivity index (χ1) is 10.5. The summed E-state index contributed by atoms with van der Waals surface area (Å²) in [4.78, 5) is 35.9. The number of hydrogen-bond donors (Lipinski definition) is 1. The highest BCUT2D eigenvalue weighted by Gasteiger charge is 2.31. The zero-order chi connectivity index (χ0) is 15.7. The van der Waals surface area contributed by atoms with Gasteiger partial charge in [0.15, 0.2) is 0 Å². The lowest BCUT2D eigenvalue weighted by Crippen LogP contribution is -2.45. The molecule has 1 aromatic rings. The van der Waals surface area contributed by atoms with Crippen molar-refractivity contribution in [2.45, 2.75) is 32.7 Å². The third kappa shape index (κ3) is 2.88. The van der Waals surface area contributed by atoms with E-state index in [1.54, 1.807) is 13.1 Å². The number of piperidine rings is 1. The fourth-order valence-electron chi connectivity index (χ4n) is 3.21. The summed E-state index contributed by atoms with van der Waals surface area (Å²) < 4.78 is 0. The number of nitrogens with two attached hydrogens (primary N) is 1. The van der Waals surface area contributed by atoms with E-state index in [0.717, 1.165) is 30.5 Å². The van der Waals surface area contributed by atoms with E-state index in [-0.39, 0.29) is 23.7 Å². The Morgan fingerprint density at radius 2 is 1.95 bits per heavy atom. The molecule has 2 aliphatic heterocycles. The number of amides is 2. The summed E-state index contributed by atoms with van der Waals surface area (Å²) in [6, 6.07) is 0. The molecular formula is C15H21N5O2. The molecule has 3 rings (SSSR count). The smallest absolute Gasteiger partial charge is 0.226 e. The monoisotopic (exact) mass is 303 g/mol. The van der Waals surface area contributed by atoms with Gasteiger partial charge in [-0.15, -0.1) is 0 Å². The van der Waals surface area contributed by atoms with E-state index in [1.807, 2.05) is 9.80 Å². The molecule has 0 bridgehead atoms. The number of nitrogens with zero attached hydrogens (tertiary/aromatic N) is 4. The fourth-order valence-corrected chi connectivity index (χ4v) is 3.21. The number of rotatable bonds is 1. The number of nitrogen functional groups attached to an aromatic ring is 1. The van der Waals surface area contributed by atoms with Gasteiger partial charge in [-0.1, -0.05) is 0 Å². The molecule has 1 saturated heterocycles. The topological polar surface area (TPSA) is 92.4 Å². The molecule has 0 aromatic carbocycles. The summed E-state index contributed by atoms with van der Waals surface area (Å²) >= 11 is 0. The predicted octanol–water partition coefficient (Wildman–Crippen LogP) is 0.202. The van der Waals surface area contributed by atoms with Crippen LogP contribution in [0.25, 0.3) is 0 Å². The van der Waals surface area contributed by atoms with Crippen LogP contribution in [0.4, 0.5) is 5.95 Å². The molecule has 0 radical (unpaired) electrons. The van der Waals surface area contributed by atoms with Gasteiger partial charge in [0.2, 0.25) is 17.8 Å². The van der Waals surface area contributed by atoms with Gasteiger partial charge >= 0.3 is 0 Å². The number of carbonyl (C=O) groups excluding carboxylic acids is 2. The van der Waals surface area contributed by atoms with Gasteiger partial charge in [0.1, 0.15) is 0 Å². The molecule has 22 heavy (non-hydrogen) atoms. The van der Waals surface area contributed by atoms with Crippen LogP contribution in [0.1, 0.15) is 31.0 Å². The molecule has 118 valence electrons. The van der Waals surface area contributed by atoms with Gasteiger partial charge in [0.25, 0.3) is 0 Å². The van der Waals surface area contributed by atoms with E-state index < -0.39 is 0 Å². The zero-order valence-corrected chi connectivity index (χ0v) is 12.8. The van der Waals surface area contributed by atoms with Crippen LogP contribution in [0.5, 0.6) is 0 Å². The van der Waals surface area contributed by atoms with Gasteiger partial charge in [-0.2, -0.15) is 0 Å². The minimum atomic E-state index is 0.0105. The van der Waals surface area contributed by atoms with Gasteiger partial charge in [-0.25, -0.2) is 9.97 Å². The average Bonchev–Trinajstić information content (AvgIpc) is 2.53. The largest absolute Gasteiger partial charge is 0.368 e. The molecule has 2 aliphatic rings. The summed E-state index contributed by atoms with van der Waals surface area (Å²) in [7, 11) is 0. The highest BCUT2D eigenvalue weighted by molar-refractivity contribution is 5.80. The Morgan fingerprint density at radius 1 is 1.23 bits per heavy atom. The number of fused-ring (bicyclic) bond motifs is 1. The first kappa shape index (κ1) is 14.7. The third-order valence-corrected chi connectivity index (χ3v) is 4.57. The third-order valence-electron chi connectivity index (χ3n) is 4.57. The van der Waals surface area contributed by atoms with Crippen molar-refractivity contribution in [1.29, 1.82) is 0 Å². The van der Waals surface area contributed by atoms with Gasteiger partial charge in [-0.05, 0) is 24.8 Å². The van der Waals surface area contributed by atoms with E-state index >= 15 is 0 Å². The van der Waals surface area contributed by atoms with Gasteiger partial charge in [0.05, 0.1) is 12.2 Å². The summed E-state index contributed by atoms with van der Waals surface area (Å²) in [5.74, 6) is 0.523. The van der Waals surface area contributed by atoms with Crippen LogP contribution in [0.2, 0.25) is 0 Å². The maximum Gasteiger partial charge on any atom is 0.226 e. The molecule has 0 aliphatic carbocycles. The Morgan fingerprint density at radius 3 is 2.64 bits per heavy atom. The van der Waals surface area contributed by atoms with Crippen molar-refractivity contribution in [2.24, 2.45) is 5.92 Å². The van der Waals surface area contributed by atoms with Crippen LogP contribution in [0.15, 0.2) is 6.20 Å². The molecule has 0 spiro atoms. The van der Waals surface area contributed by atoms with Crippen molar-refractivity contribution < 1.29 is 9.59 Å². The first-order valence-corrected chi connectivity index (χ1v) is 7.69. The Bertz CT molecular complexity index is 596. The van der Waals surface area contributed by atoms with Crippen LogP contribution >= 0.6 is 0 Å². The normalized spacial score (nSPS) is 19.0. The quantitative estimate of drug-likeness (QED) is 0.800. The molecule has 3 heterocycles. The number of hydrogen-bond acceptors (Lipinski definition) is 5. The van der Waals surface area contributed by atoms with Crippen molar-refractivity contribution in [1.82, 2.24) is 19.8 Å². The highest BCUT2D eigenvalue weighted by atomic mass is 16.2. The fraction of sp³-hybridized carbons (Fsp3) is 0.600. The summed E-state index contributed by atoms with van der Waals surface area (Å²) in [6.45, 7) is 4.13. The minimum absolute atomic E-state index is 0.0105. The van der Waals surface area contributed by atoms with Crippen LogP contribution in [-0.2, 0) is 22.6 Å². The van der Waals surface area contributed by atoms with Crippen LogP contribution < -0.4 is 5.73 Å². The molecule has 1 aromatic heterocycles. The summed E-state index contributed by atoms with van der Waals surface area (Å²) in [5.41, 5.74) is 7.56. The maximum atomic E-state index is 12.7. The van der Waals surface area contributed by atoms with E-state index in [1.165, 1.54) is 0 Å². The van der Waals surface area contributed by atoms with E-state index in [9.17, 15) is 9.59 Å². The molecule has 7 heteroatoms. The molecule has 0 saturated carbocycles. The minimum Gasteiger partial charge on any atom is -0.368 e. The molecule has 2 N–H and O–H groups in total. The standard InChI is InChI=1S/C15H21N5O2/c1-10(21)19-5-2-11(3-6-19)14(22)20-7-4-12-8-17-15(16)18-13(12)9-20/h8,11H,2-7,9H2,1H3,(H2,16,17,18). The Kier molecular flexibility index (Phi) is 3.96. The van der Waals surface area contributed by atoms with E-state index in [2.05, 4.69) is 9.97 Å². The number of aromatic nitrogens is 2. The predicted molar refractivity (Wildman–Crippen MR) is 80.5 cm³/mol. The van der Waals surface area contributed by atoms with Crippen LogP contribution in [0.3, 0.4) is 0 Å². The van der Waals surface area contributed by atoms with E-state index in [4.69, 9.17) is 5.73 Å². The Labute approximate surface area is 129 Å². The molecule has 0 atom stereocenters. The molecule has 0 unspecified atom stereocenters. The second-order valence-corrected chi connectivity index (χ2v) is 5.99. The average molecular weight is 303 g/mol. The number of likely N-dealkylation sites (tertiary alicyclic amines) is 1.